The van der Waals surface area contributed by atoms with E-state index in [1.165, 1.54) is 6.42 Å². The van der Waals surface area contributed by atoms with E-state index in [1.54, 1.807) is 4.90 Å². The van der Waals surface area contributed by atoms with Gasteiger partial charge in [-0.15, -0.1) is 0 Å². The van der Waals surface area contributed by atoms with Crippen LogP contribution in [0.5, 0.6) is 0 Å². The number of carbonyl (C=O) groups excluding carboxylic acids is 1. The highest BCUT2D eigenvalue weighted by Crippen LogP contribution is 2.23. The molecule has 7 heteroatoms. The van der Waals surface area contributed by atoms with E-state index in [9.17, 15) is 18.0 Å². The summed E-state index contributed by atoms with van der Waals surface area (Å²) < 4.78 is 40.3. The van der Waals surface area contributed by atoms with Crippen molar-refractivity contribution in [1.82, 2.24) is 4.90 Å². The molecule has 3 nitrogen and oxygen atoms in total. The summed E-state index contributed by atoms with van der Waals surface area (Å²) in [4.78, 5) is 13.9. The standard InChI is InChI=1S/C13H21BrF3NO2/c14-7-8-18(11-4-2-1-3-5-11)12(19)6-9-20-10-13(15,16)17/h11H,1-10H2. The van der Waals surface area contributed by atoms with Crippen LogP contribution >= 0.6 is 15.9 Å². The quantitative estimate of drug-likeness (QED) is 0.514. The Kier molecular flexibility index (Phi) is 7.87. The third-order valence-corrected chi connectivity index (χ3v) is 3.74. The fourth-order valence-electron chi connectivity index (χ4n) is 2.49. The first kappa shape index (κ1) is 17.8. The Balaban J connectivity index is 2.35. The lowest BCUT2D eigenvalue weighted by atomic mass is 9.94. The normalized spacial score (nSPS) is 17.2. The molecule has 0 aromatic heterocycles. The van der Waals surface area contributed by atoms with Crippen molar-refractivity contribution >= 4 is 21.8 Å². The van der Waals surface area contributed by atoms with Crippen molar-refractivity contribution in [3.63, 3.8) is 0 Å². The number of amides is 1. The monoisotopic (exact) mass is 359 g/mol. The Bertz CT molecular complexity index is 294. The van der Waals surface area contributed by atoms with Gasteiger partial charge in [-0.2, -0.15) is 13.2 Å². The summed E-state index contributed by atoms with van der Waals surface area (Å²) >= 11 is 3.32. The number of nitrogens with zero attached hydrogens (tertiary/aromatic N) is 1. The molecule has 0 heterocycles. The maximum atomic E-state index is 12.1. The van der Waals surface area contributed by atoms with E-state index in [1.807, 2.05) is 0 Å². The third kappa shape index (κ3) is 6.92. The Morgan fingerprint density at radius 2 is 1.90 bits per heavy atom. The molecule has 118 valence electrons. The minimum Gasteiger partial charge on any atom is -0.372 e. The van der Waals surface area contributed by atoms with Crippen LogP contribution in [0.3, 0.4) is 0 Å². The number of hydrogen-bond acceptors (Lipinski definition) is 2. The highest BCUT2D eigenvalue weighted by atomic mass is 79.9. The number of rotatable bonds is 7. The zero-order valence-corrected chi connectivity index (χ0v) is 13.0. The SMILES string of the molecule is O=C(CCOCC(F)(F)F)N(CCBr)C1CCCCC1. The fraction of sp³-hybridized carbons (Fsp3) is 0.923. The van der Waals surface area contributed by atoms with Gasteiger partial charge in [0.15, 0.2) is 0 Å². The van der Waals surface area contributed by atoms with E-state index in [0.29, 0.717) is 11.9 Å². The van der Waals surface area contributed by atoms with Crippen molar-refractivity contribution in [2.24, 2.45) is 0 Å². The van der Waals surface area contributed by atoms with E-state index in [0.717, 1.165) is 25.7 Å². The van der Waals surface area contributed by atoms with Crippen LogP contribution in [0, 0.1) is 0 Å². The summed E-state index contributed by atoms with van der Waals surface area (Å²) in [6.45, 7) is -0.866. The van der Waals surface area contributed by atoms with Crippen LogP contribution in [0.25, 0.3) is 0 Å². The van der Waals surface area contributed by atoms with Gasteiger partial charge in [0.05, 0.1) is 13.0 Å². The molecule has 1 amide bonds. The molecule has 0 unspecified atom stereocenters. The van der Waals surface area contributed by atoms with Gasteiger partial charge in [0.2, 0.25) is 5.91 Å². The number of alkyl halides is 4. The van der Waals surface area contributed by atoms with E-state index in [4.69, 9.17) is 0 Å². The lowest BCUT2D eigenvalue weighted by molar-refractivity contribution is -0.175. The fourth-order valence-corrected chi connectivity index (χ4v) is 2.87. The maximum absolute atomic E-state index is 12.1. The van der Waals surface area contributed by atoms with Gasteiger partial charge in [-0.05, 0) is 12.8 Å². The molecule has 1 fully saturated rings. The predicted molar refractivity (Wildman–Crippen MR) is 73.9 cm³/mol. The second-order valence-corrected chi connectivity index (χ2v) is 5.78. The van der Waals surface area contributed by atoms with Crippen molar-refractivity contribution in [3.8, 4) is 0 Å². The molecule has 0 bridgehead atoms. The first-order chi connectivity index (χ1) is 9.44. The second-order valence-electron chi connectivity index (χ2n) is 4.99. The van der Waals surface area contributed by atoms with Crippen molar-refractivity contribution in [2.45, 2.75) is 50.7 Å². The Morgan fingerprint density at radius 1 is 1.25 bits per heavy atom. The van der Waals surface area contributed by atoms with E-state index in [-0.39, 0.29) is 25.0 Å². The van der Waals surface area contributed by atoms with Gasteiger partial charge in [0.1, 0.15) is 6.61 Å². The number of halogens is 4. The molecule has 0 atom stereocenters. The van der Waals surface area contributed by atoms with Crippen molar-refractivity contribution < 1.29 is 22.7 Å². The molecule has 0 N–H and O–H groups in total. The lowest BCUT2D eigenvalue weighted by Gasteiger charge is -2.34. The van der Waals surface area contributed by atoms with Gasteiger partial charge in [-0.3, -0.25) is 4.79 Å². The highest BCUT2D eigenvalue weighted by molar-refractivity contribution is 9.09. The molecule has 0 saturated heterocycles. The Labute approximate surface area is 126 Å². The molecule has 1 saturated carbocycles. The Morgan fingerprint density at radius 3 is 2.45 bits per heavy atom. The lowest BCUT2D eigenvalue weighted by Crippen LogP contribution is -2.43. The van der Waals surface area contributed by atoms with Crippen LogP contribution in [-0.4, -0.2) is 48.1 Å². The molecule has 0 aromatic carbocycles. The van der Waals surface area contributed by atoms with Crippen molar-refractivity contribution in [2.75, 3.05) is 25.1 Å². The highest BCUT2D eigenvalue weighted by Gasteiger charge is 2.28. The summed E-state index contributed by atoms with van der Waals surface area (Å²) in [6.07, 6.45) is 1.08. The predicted octanol–water partition coefficient (Wildman–Crippen LogP) is 3.51. The molecule has 0 aliphatic heterocycles. The van der Waals surface area contributed by atoms with E-state index < -0.39 is 12.8 Å². The molecule has 1 aliphatic carbocycles. The zero-order chi connectivity index (χ0) is 15.0. The van der Waals surface area contributed by atoms with Gasteiger partial charge in [-0.1, -0.05) is 35.2 Å². The minimum absolute atomic E-state index is 0.0135. The van der Waals surface area contributed by atoms with Gasteiger partial charge in [-0.25, -0.2) is 0 Å². The molecule has 1 aliphatic rings. The summed E-state index contributed by atoms with van der Waals surface area (Å²) in [6, 6.07) is 0.233. The average molecular weight is 360 g/mol. The van der Waals surface area contributed by atoms with Crippen LogP contribution in [0.2, 0.25) is 0 Å². The van der Waals surface area contributed by atoms with Crippen molar-refractivity contribution in [3.05, 3.63) is 0 Å². The summed E-state index contributed by atoms with van der Waals surface area (Å²) in [5.74, 6) is -0.112. The molecule has 0 radical (unpaired) electrons. The molecule has 0 spiro atoms. The van der Waals surface area contributed by atoms with Crippen LogP contribution in [0.4, 0.5) is 13.2 Å². The number of ether oxygens (including phenoxy) is 1. The molecular weight excluding hydrogens is 339 g/mol. The smallest absolute Gasteiger partial charge is 0.372 e. The molecule has 1 rings (SSSR count). The number of hydrogen-bond donors (Lipinski definition) is 0. The van der Waals surface area contributed by atoms with Gasteiger partial charge in [0, 0.05) is 17.9 Å². The van der Waals surface area contributed by atoms with Crippen LogP contribution in [0.1, 0.15) is 38.5 Å². The topological polar surface area (TPSA) is 29.5 Å². The average Bonchev–Trinajstić information content (AvgIpc) is 2.40. The molecule has 0 aromatic rings. The molecule has 20 heavy (non-hydrogen) atoms. The zero-order valence-electron chi connectivity index (χ0n) is 11.4. The third-order valence-electron chi connectivity index (χ3n) is 3.39. The van der Waals surface area contributed by atoms with Gasteiger partial charge in [0.25, 0.3) is 0 Å². The number of carbonyl (C=O) groups is 1. The Hall–Kier alpha value is -0.300. The first-order valence-corrected chi connectivity index (χ1v) is 8.06. The maximum Gasteiger partial charge on any atom is 0.411 e. The van der Waals surface area contributed by atoms with Crippen LogP contribution in [-0.2, 0) is 9.53 Å². The van der Waals surface area contributed by atoms with Crippen LogP contribution in [0.15, 0.2) is 0 Å². The van der Waals surface area contributed by atoms with E-state index in [2.05, 4.69) is 20.7 Å². The summed E-state index contributed by atoms with van der Waals surface area (Å²) in [5.41, 5.74) is 0. The second kappa shape index (κ2) is 8.87. The first-order valence-electron chi connectivity index (χ1n) is 6.94. The van der Waals surface area contributed by atoms with E-state index >= 15 is 0 Å². The van der Waals surface area contributed by atoms with Crippen LogP contribution < -0.4 is 0 Å². The summed E-state index contributed by atoms with van der Waals surface area (Å²) in [7, 11) is 0. The largest absolute Gasteiger partial charge is 0.411 e. The van der Waals surface area contributed by atoms with Gasteiger partial charge >= 0.3 is 6.18 Å². The van der Waals surface area contributed by atoms with Gasteiger partial charge < -0.3 is 9.64 Å². The van der Waals surface area contributed by atoms with Crippen molar-refractivity contribution in [1.29, 1.82) is 0 Å². The minimum atomic E-state index is -4.33. The summed E-state index contributed by atoms with van der Waals surface area (Å²) in [5, 5.41) is 0.679. The molecular formula is C13H21BrF3NO2.